The molecular formula is C19H29N3O. The van der Waals surface area contributed by atoms with Crippen LogP contribution < -0.4 is 5.32 Å². The highest BCUT2D eigenvalue weighted by molar-refractivity contribution is 5.88. The third-order valence-corrected chi connectivity index (χ3v) is 5.00. The summed E-state index contributed by atoms with van der Waals surface area (Å²) < 4.78 is 0. The van der Waals surface area contributed by atoms with E-state index in [-0.39, 0.29) is 5.91 Å². The van der Waals surface area contributed by atoms with Gasteiger partial charge in [0.25, 0.3) is 0 Å². The molecule has 2 aliphatic rings. The predicted molar refractivity (Wildman–Crippen MR) is 94.3 cm³/mol. The van der Waals surface area contributed by atoms with Crippen molar-refractivity contribution in [1.29, 1.82) is 0 Å². The molecule has 0 aliphatic carbocycles. The van der Waals surface area contributed by atoms with Gasteiger partial charge < -0.3 is 5.32 Å². The number of piperidine rings is 2. The first-order chi connectivity index (χ1) is 11.2. The van der Waals surface area contributed by atoms with Gasteiger partial charge in [-0.15, -0.1) is 0 Å². The third kappa shape index (κ3) is 4.33. The lowest BCUT2D eigenvalue weighted by Crippen LogP contribution is -2.45. The lowest BCUT2D eigenvalue weighted by atomic mass is 10.0. The van der Waals surface area contributed by atoms with E-state index in [1.54, 1.807) is 6.92 Å². The molecule has 2 fully saturated rings. The van der Waals surface area contributed by atoms with Gasteiger partial charge in [-0.25, -0.2) is 0 Å². The number of rotatable bonds is 4. The van der Waals surface area contributed by atoms with Crippen LogP contribution in [0.5, 0.6) is 0 Å². The maximum absolute atomic E-state index is 11.2. The first kappa shape index (κ1) is 16.5. The minimum Gasteiger partial charge on any atom is -0.326 e. The van der Waals surface area contributed by atoms with Gasteiger partial charge >= 0.3 is 0 Å². The van der Waals surface area contributed by atoms with Crippen molar-refractivity contribution in [2.45, 2.75) is 51.6 Å². The van der Waals surface area contributed by atoms with Crippen LogP contribution in [0.2, 0.25) is 0 Å². The van der Waals surface area contributed by atoms with Crippen LogP contribution in [0.15, 0.2) is 24.3 Å². The Balaban J connectivity index is 1.79. The van der Waals surface area contributed by atoms with Gasteiger partial charge in [-0.1, -0.05) is 25.0 Å². The molecular weight excluding hydrogens is 286 g/mol. The van der Waals surface area contributed by atoms with Gasteiger partial charge in [0.05, 0.1) is 6.17 Å². The standard InChI is InChI=1S/C19H29N3O/c1-16(23)20-18-10-8-17(9-11-18)19(21-12-4-2-5-13-21)22-14-6-3-7-15-22/h8-11,19H,2-7,12-15H2,1H3,(H,20,23). The molecule has 3 rings (SSSR count). The van der Waals surface area contributed by atoms with Gasteiger partial charge in [0.1, 0.15) is 0 Å². The average Bonchev–Trinajstić information content (AvgIpc) is 2.58. The summed E-state index contributed by atoms with van der Waals surface area (Å²) in [5.74, 6) is -0.0126. The highest BCUT2D eigenvalue weighted by Gasteiger charge is 2.28. The summed E-state index contributed by atoms with van der Waals surface area (Å²) in [6.07, 6.45) is 8.39. The van der Waals surface area contributed by atoms with Crippen molar-refractivity contribution < 1.29 is 4.79 Å². The van der Waals surface area contributed by atoms with E-state index >= 15 is 0 Å². The molecule has 2 aliphatic heterocycles. The molecule has 0 atom stereocenters. The van der Waals surface area contributed by atoms with Crippen LogP contribution in [0.1, 0.15) is 57.2 Å². The highest BCUT2D eigenvalue weighted by Crippen LogP contribution is 2.31. The summed E-state index contributed by atoms with van der Waals surface area (Å²) in [6, 6.07) is 8.47. The zero-order chi connectivity index (χ0) is 16.1. The van der Waals surface area contributed by atoms with Crippen molar-refractivity contribution in [3.8, 4) is 0 Å². The van der Waals surface area contributed by atoms with Crippen molar-refractivity contribution in [2.24, 2.45) is 0 Å². The quantitative estimate of drug-likeness (QED) is 0.922. The fraction of sp³-hybridized carbons (Fsp3) is 0.632. The molecule has 2 heterocycles. The van der Waals surface area contributed by atoms with Crippen LogP contribution >= 0.6 is 0 Å². The van der Waals surface area contributed by atoms with Crippen LogP contribution in [0.25, 0.3) is 0 Å². The molecule has 0 unspecified atom stereocenters. The van der Waals surface area contributed by atoms with E-state index in [9.17, 15) is 4.79 Å². The minimum atomic E-state index is -0.0126. The molecule has 4 nitrogen and oxygen atoms in total. The summed E-state index contributed by atoms with van der Waals surface area (Å²) in [5, 5.41) is 2.86. The van der Waals surface area contributed by atoms with Crippen LogP contribution in [0, 0.1) is 0 Å². The maximum Gasteiger partial charge on any atom is 0.221 e. The van der Waals surface area contributed by atoms with Crippen LogP contribution in [0.3, 0.4) is 0 Å². The number of anilines is 1. The maximum atomic E-state index is 11.2. The molecule has 1 amide bonds. The lowest BCUT2D eigenvalue weighted by molar-refractivity contribution is -0.114. The summed E-state index contributed by atoms with van der Waals surface area (Å²) in [7, 11) is 0. The smallest absolute Gasteiger partial charge is 0.221 e. The van der Waals surface area contributed by atoms with E-state index in [1.807, 2.05) is 12.1 Å². The molecule has 1 aromatic rings. The summed E-state index contributed by atoms with van der Waals surface area (Å²) in [5.41, 5.74) is 2.25. The second-order valence-corrected chi connectivity index (χ2v) is 6.87. The van der Waals surface area contributed by atoms with Crippen molar-refractivity contribution in [1.82, 2.24) is 9.80 Å². The van der Waals surface area contributed by atoms with Crippen LogP contribution in [-0.2, 0) is 4.79 Å². The van der Waals surface area contributed by atoms with Crippen molar-refractivity contribution in [3.05, 3.63) is 29.8 Å². The van der Waals surface area contributed by atoms with E-state index in [0.717, 1.165) is 5.69 Å². The number of benzene rings is 1. The highest BCUT2D eigenvalue weighted by atomic mass is 16.1. The molecule has 0 spiro atoms. The molecule has 1 N–H and O–H groups in total. The zero-order valence-electron chi connectivity index (χ0n) is 14.3. The fourth-order valence-corrected chi connectivity index (χ4v) is 3.92. The Morgan fingerprint density at radius 1 is 0.870 bits per heavy atom. The number of hydrogen-bond acceptors (Lipinski definition) is 3. The monoisotopic (exact) mass is 315 g/mol. The Kier molecular flexibility index (Phi) is 5.68. The number of nitrogens with one attached hydrogen (secondary N) is 1. The first-order valence-corrected chi connectivity index (χ1v) is 9.10. The van der Waals surface area contributed by atoms with Gasteiger partial charge in [0.15, 0.2) is 0 Å². The normalized spacial score (nSPS) is 20.6. The minimum absolute atomic E-state index is 0.0126. The molecule has 0 saturated carbocycles. The third-order valence-electron chi connectivity index (χ3n) is 5.00. The summed E-state index contributed by atoms with van der Waals surface area (Å²) in [4.78, 5) is 16.5. The largest absolute Gasteiger partial charge is 0.326 e. The Hall–Kier alpha value is -1.39. The lowest BCUT2D eigenvalue weighted by Gasteiger charge is -2.43. The van der Waals surface area contributed by atoms with E-state index in [2.05, 4.69) is 27.2 Å². The van der Waals surface area contributed by atoms with Crippen LogP contribution in [-0.4, -0.2) is 41.9 Å². The summed E-state index contributed by atoms with van der Waals surface area (Å²) in [6.45, 7) is 6.37. The number of carbonyl (C=O) groups excluding carboxylic acids is 1. The van der Waals surface area contributed by atoms with E-state index in [1.165, 1.54) is 70.3 Å². The molecule has 0 bridgehead atoms. The number of amides is 1. The fourth-order valence-electron chi connectivity index (χ4n) is 3.92. The van der Waals surface area contributed by atoms with Crippen molar-refractivity contribution in [2.75, 3.05) is 31.5 Å². The average molecular weight is 315 g/mol. The number of nitrogens with zero attached hydrogens (tertiary/aromatic N) is 2. The molecule has 0 radical (unpaired) electrons. The second kappa shape index (κ2) is 7.93. The Labute approximate surface area is 139 Å². The van der Waals surface area contributed by atoms with Gasteiger partial charge in [0.2, 0.25) is 5.91 Å². The number of likely N-dealkylation sites (tertiary alicyclic amines) is 2. The molecule has 2 saturated heterocycles. The SMILES string of the molecule is CC(=O)Nc1ccc(C(N2CCCCC2)N2CCCCC2)cc1. The topological polar surface area (TPSA) is 35.6 Å². The zero-order valence-corrected chi connectivity index (χ0v) is 14.3. The molecule has 23 heavy (non-hydrogen) atoms. The molecule has 4 heteroatoms. The first-order valence-electron chi connectivity index (χ1n) is 9.10. The number of hydrogen-bond donors (Lipinski definition) is 1. The van der Waals surface area contributed by atoms with Gasteiger partial charge in [0, 0.05) is 12.6 Å². The van der Waals surface area contributed by atoms with Crippen LogP contribution in [0.4, 0.5) is 5.69 Å². The number of carbonyl (C=O) groups is 1. The van der Waals surface area contributed by atoms with Crippen molar-refractivity contribution >= 4 is 11.6 Å². The Bertz CT molecular complexity index is 484. The summed E-state index contributed by atoms with van der Waals surface area (Å²) >= 11 is 0. The Morgan fingerprint density at radius 2 is 1.35 bits per heavy atom. The molecule has 1 aromatic carbocycles. The molecule has 126 valence electrons. The second-order valence-electron chi connectivity index (χ2n) is 6.87. The van der Waals surface area contributed by atoms with Gasteiger partial charge in [-0.05, 0) is 69.6 Å². The molecule has 0 aromatic heterocycles. The van der Waals surface area contributed by atoms with Gasteiger partial charge in [-0.3, -0.25) is 14.6 Å². The Morgan fingerprint density at radius 3 is 1.78 bits per heavy atom. The predicted octanol–water partition coefficient (Wildman–Crippen LogP) is 3.62. The van der Waals surface area contributed by atoms with E-state index in [4.69, 9.17) is 0 Å². The van der Waals surface area contributed by atoms with E-state index < -0.39 is 0 Å². The van der Waals surface area contributed by atoms with Gasteiger partial charge in [-0.2, -0.15) is 0 Å². The van der Waals surface area contributed by atoms with Crippen molar-refractivity contribution in [3.63, 3.8) is 0 Å². The van der Waals surface area contributed by atoms with E-state index in [0.29, 0.717) is 6.17 Å².